The average Bonchev–Trinajstić information content (AvgIpc) is 2.72. The van der Waals surface area contributed by atoms with E-state index in [1.54, 1.807) is 0 Å². The van der Waals surface area contributed by atoms with Crippen molar-refractivity contribution in [2.45, 2.75) is 26.2 Å². The van der Waals surface area contributed by atoms with Gasteiger partial charge in [-0.05, 0) is 18.8 Å². The molecule has 18 heavy (non-hydrogen) atoms. The molecule has 0 radical (unpaired) electrons. The van der Waals surface area contributed by atoms with Gasteiger partial charge in [-0.3, -0.25) is 19.2 Å². The highest BCUT2D eigenvalue weighted by Crippen LogP contribution is 2.38. The number of carboxylic acid groups (broad SMARTS) is 1. The molecule has 2 amide bonds. The molecule has 1 rings (SSSR count). The molecule has 4 N–H and O–H groups in total. The lowest BCUT2D eigenvalue weighted by atomic mass is 9.96. The van der Waals surface area contributed by atoms with Crippen LogP contribution in [0, 0.1) is 17.8 Å². The molecule has 1 saturated carbocycles. The number of hydrogen-bond acceptors (Lipinski definition) is 4. The number of primary amides is 1. The van der Waals surface area contributed by atoms with Crippen molar-refractivity contribution in [2.75, 3.05) is 6.61 Å². The number of carboxylic acids is 1. The second kappa shape index (κ2) is 6.34. The van der Waals surface area contributed by atoms with E-state index in [1.165, 1.54) is 0 Å². The fourth-order valence-electron chi connectivity index (χ4n) is 2.29. The fourth-order valence-corrected chi connectivity index (χ4v) is 2.29. The topological polar surface area (TPSA) is 119 Å². The van der Waals surface area contributed by atoms with Crippen LogP contribution in [0.25, 0.3) is 0 Å². The molecule has 3 unspecified atom stereocenters. The summed E-state index contributed by atoms with van der Waals surface area (Å²) < 4.78 is 0. The van der Waals surface area contributed by atoms with Crippen LogP contribution in [0.15, 0.2) is 0 Å². The van der Waals surface area contributed by atoms with E-state index in [-0.39, 0.29) is 5.92 Å². The number of carbonyl (C=O) groups is 3. The van der Waals surface area contributed by atoms with Crippen molar-refractivity contribution in [3.63, 3.8) is 0 Å². The minimum Gasteiger partial charge on any atom is -0.481 e. The Morgan fingerprint density at radius 2 is 1.94 bits per heavy atom. The first-order valence-corrected chi connectivity index (χ1v) is 5.88. The number of nitrogens with two attached hydrogens (primary N) is 1. The predicted molar refractivity (Wildman–Crippen MR) is 60.9 cm³/mol. The van der Waals surface area contributed by atoms with Crippen molar-refractivity contribution in [1.82, 2.24) is 5.48 Å². The third kappa shape index (κ3) is 3.69. The van der Waals surface area contributed by atoms with Gasteiger partial charge in [0.1, 0.15) is 0 Å². The SMILES string of the molecule is CCC1CC(C(=O)O)C(C(=O)NOCC(N)=O)C1. The minimum atomic E-state index is -0.971. The van der Waals surface area contributed by atoms with Crippen LogP contribution in [0.2, 0.25) is 0 Å². The summed E-state index contributed by atoms with van der Waals surface area (Å²) >= 11 is 0. The standard InChI is InChI=1S/C11H18N2O5/c1-2-6-3-7(8(4-6)11(16)17)10(15)13-18-5-9(12)14/h6-8H,2-5H2,1H3,(H2,12,14)(H,13,15)(H,16,17). The molecular weight excluding hydrogens is 240 g/mol. The van der Waals surface area contributed by atoms with Crippen molar-refractivity contribution >= 4 is 17.8 Å². The Morgan fingerprint density at radius 3 is 2.44 bits per heavy atom. The molecular formula is C11H18N2O5. The third-order valence-corrected chi connectivity index (χ3v) is 3.28. The molecule has 102 valence electrons. The van der Waals surface area contributed by atoms with Crippen LogP contribution in [0.3, 0.4) is 0 Å². The number of hydrogen-bond donors (Lipinski definition) is 3. The highest BCUT2D eigenvalue weighted by molar-refractivity contribution is 5.85. The first-order valence-electron chi connectivity index (χ1n) is 5.88. The minimum absolute atomic E-state index is 0.234. The maximum Gasteiger partial charge on any atom is 0.307 e. The van der Waals surface area contributed by atoms with E-state index in [2.05, 4.69) is 10.3 Å². The van der Waals surface area contributed by atoms with Gasteiger partial charge in [-0.15, -0.1) is 0 Å². The lowest BCUT2D eigenvalue weighted by Crippen LogP contribution is -2.37. The van der Waals surface area contributed by atoms with Crippen LogP contribution in [-0.4, -0.2) is 29.5 Å². The Morgan fingerprint density at radius 1 is 1.33 bits per heavy atom. The Kier molecular flexibility index (Phi) is 5.08. The second-order valence-electron chi connectivity index (χ2n) is 4.52. The maximum absolute atomic E-state index is 11.8. The molecule has 7 heteroatoms. The Labute approximate surface area is 105 Å². The molecule has 0 aromatic rings. The highest BCUT2D eigenvalue weighted by Gasteiger charge is 2.42. The largest absolute Gasteiger partial charge is 0.481 e. The molecule has 1 aliphatic rings. The third-order valence-electron chi connectivity index (χ3n) is 3.28. The van der Waals surface area contributed by atoms with Gasteiger partial charge in [0.15, 0.2) is 6.61 Å². The van der Waals surface area contributed by atoms with Crippen molar-refractivity contribution < 1.29 is 24.3 Å². The van der Waals surface area contributed by atoms with Crippen LogP contribution in [-0.2, 0) is 19.2 Å². The summed E-state index contributed by atoms with van der Waals surface area (Å²) in [6.07, 6.45) is 1.87. The molecule has 0 aromatic heterocycles. The number of amides is 2. The lowest BCUT2D eigenvalue weighted by molar-refractivity contribution is -0.150. The van der Waals surface area contributed by atoms with Crippen molar-refractivity contribution in [3.8, 4) is 0 Å². The van der Waals surface area contributed by atoms with E-state index < -0.39 is 36.2 Å². The summed E-state index contributed by atoms with van der Waals surface area (Å²) in [5, 5.41) is 9.06. The highest BCUT2D eigenvalue weighted by atomic mass is 16.7. The Hall–Kier alpha value is -1.63. The van der Waals surface area contributed by atoms with Gasteiger partial charge in [0.2, 0.25) is 11.8 Å². The normalized spacial score (nSPS) is 26.8. The molecule has 0 spiro atoms. The van der Waals surface area contributed by atoms with E-state index in [0.717, 1.165) is 6.42 Å². The van der Waals surface area contributed by atoms with Gasteiger partial charge in [0.05, 0.1) is 11.8 Å². The molecule has 0 saturated heterocycles. The first-order chi connectivity index (χ1) is 8.45. The molecule has 1 aliphatic carbocycles. The summed E-state index contributed by atoms with van der Waals surface area (Å²) in [6.45, 7) is 1.54. The van der Waals surface area contributed by atoms with Gasteiger partial charge in [-0.2, -0.15) is 0 Å². The molecule has 0 bridgehead atoms. The molecule has 0 aromatic carbocycles. The summed E-state index contributed by atoms with van der Waals surface area (Å²) in [4.78, 5) is 37.8. The summed E-state index contributed by atoms with van der Waals surface area (Å²) in [5.41, 5.74) is 6.92. The van der Waals surface area contributed by atoms with Crippen molar-refractivity contribution in [1.29, 1.82) is 0 Å². The van der Waals surface area contributed by atoms with E-state index in [0.29, 0.717) is 12.8 Å². The zero-order valence-electron chi connectivity index (χ0n) is 10.2. The molecule has 7 nitrogen and oxygen atoms in total. The van der Waals surface area contributed by atoms with E-state index >= 15 is 0 Å². The zero-order chi connectivity index (χ0) is 13.7. The quantitative estimate of drug-likeness (QED) is 0.563. The van der Waals surface area contributed by atoms with Gasteiger partial charge >= 0.3 is 5.97 Å². The molecule has 0 aliphatic heterocycles. The summed E-state index contributed by atoms with van der Waals surface area (Å²) in [7, 11) is 0. The summed E-state index contributed by atoms with van der Waals surface area (Å²) in [6, 6.07) is 0. The zero-order valence-corrected chi connectivity index (χ0v) is 10.2. The van der Waals surface area contributed by atoms with Gasteiger partial charge in [-0.25, -0.2) is 5.48 Å². The molecule has 3 atom stereocenters. The van der Waals surface area contributed by atoms with Gasteiger partial charge in [0, 0.05) is 0 Å². The Bertz CT molecular complexity index is 344. The van der Waals surface area contributed by atoms with Crippen LogP contribution < -0.4 is 11.2 Å². The maximum atomic E-state index is 11.8. The molecule has 0 heterocycles. The van der Waals surface area contributed by atoms with Crippen molar-refractivity contribution in [3.05, 3.63) is 0 Å². The van der Waals surface area contributed by atoms with Gasteiger partial charge in [-0.1, -0.05) is 13.3 Å². The van der Waals surface area contributed by atoms with Gasteiger partial charge < -0.3 is 10.8 Å². The van der Waals surface area contributed by atoms with Crippen LogP contribution in [0.1, 0.15) is 26.2 Å². The van der Waals surface area contributed by atoms with Crippen LogP contribution in [0.5, 0.6) is 0 Å². The molecule has 1 fully saturated rings. The number of carbonyl (C=O) groups excluding carboxylic acids is 2. The first kappa shape index (κ1) is 14.4. The fraction of sp³-hybridized carbons (Fsp3) is 0.727. The lowest BCUT2D eigenvalue weighted by Gasteiger charge is -2.14. The van der Waals surface area contributed by atoms with Crippen LogP contribution in [0.4, 0.5) is 0 Å². The number of nitrogens with one attached hydrogen (secondary N) is 1. The van der Waals surface area contributed by atoms with Gasteiger partial charge in [0.25, 0.3) is 0 Å². The van der Waals surface area contributed by atoms with Crippen molar-refractivity contribution in [2.24, 2.45) is 23.5 Å². The Balaban J connectivity index is 2.54. The monoisotopic (exact) mass is 258 g/mol. The smallest absolute Gasteiger partial charge is 0.307 e. The van der Waals surface area contributed by atoms with E-state index in [1.807, 2.05) is 6.92 Å². The number of aliphatic carboxylic acids is 1. The number of rotatable bonds is 6. The van der Waals surface area contributed by atoms with Crippen LogP contribution >= 0.6 is 0 Å². The number of hydroxylamine groups is 1. The second-order valence-corrected chi connectivity index (χ2v) is 4.52. The van der Waals surface area contributed by atoms with E-state index in [4.69, 9.17) is 10.8 Å². The predicted octanol–water partition coefficient (Wildman–Crippen LogP) is -0.343. The van der Waals surface area contributed by atoms with E-state index in [9.17, 15) is 14.4 Å². The average molecular weight is 258 g/mol. The summed E-state index contributed by atoms with van der Waals surface area (Å²) in [5.74, 6) is -3.24.